The molecule has 0 amide bonds. The predicted molar refractivity (Wildman–Crippen MR) is 116 cm³/mol. The Hall–Kier alpha value is -3.22. The van der Waals surface area contributed by atoms with Gasteiger partial charge in [0.1, 0.15) is 23.6 Å². The summed E-state index contributed by atoms with van der Waals surface area (Å²) < 4.78 is 43.6. The number of hydrogen-bond acceptors (Lipinski definition) is 9. The van der Waals surface area contributed by atoms with E-state index in [1.807, 2.05) is 25.1 Å². The number of anilines is 2. The van der Waals surface area contributed by atoms with Crippen LogP contribution in [0.5, 0.6) is 6.01 Å². The summed E-state index contributed by atoms with van der Waals surface area (Å²) in [6, 6.07) is 4.27. The second kappa shape index (κ2) is 10.8. The van der Waals surface area contributed by atoms with Crippen molar-refractivity contribution in [3.05, 3.63) is 30.9 Å². The number of carboxylic acid groups (broad SMARTS) is 1. The lowest BCUT2D eigenvalue weighted by atomic mass is 9.79. The number of carboxylic acids is 1. The van der Waals surface area contributed by atoms with E-state index < -0.39 is 12.1 Å². The van der Waals surface area contributed by atoms with Crippen LogP contribution in [0.15, 0.2) is 30.9 Å². The van der Waals surface area contributed by atoms with Crippen molar-refractivity contribution in [2.75, 3.05) is 50.2 Å². The fourth-order valence-corrected chi connectivity index (χ4v) is 3.84. The maximum absolute atomic E-state index is 10.6. The standard InChI is InChI=1S/C19H26N6O2.C2HF3O2/c1-24(2)16-10-17(23-14-22-16)25-12-19(13-25)11-15(5-9-27-19)4-8-26-18-20-6-3-7-21-18;3-2(4,5)1(6)7/h3,6-7,10,14-15H,4-5,8-9,11-13H2,1-2H3;(H,6,7). The zero-order valence-corrected chi connectivity index (χ0v) is 18.9. The van der Waals surface area contributed by atoms with E-state index in [1.165, 1.54) is 0 Å². The fourth-order valence-electron chi connectivity index (χ4n) is 3.84. The van der Waals surface area contributed by atoms with Gasteiger partial charge in [-0.05, 0) is 31.2 Å². The highest BCUT2D eigenvalue weighted by Gasteiger charge is 2.48. The van der Waals surface area contributed by atoms with Gasteiger partial charge < -0.3 is 24.4 Å². The molecule has 1 spiro atoms. The highest BCUT2D eigenvalue weighted by molar-refractivity contribution is 5.73. The van der Waals surface area contributed by atoms with Crippen LogP contribution >= 0.6 is 0 Å². The molecule has 1 unspecified atom stereocenters. The van der Waals surface area contributed by atoms with Crippen molar-refractivity contribution in [1.29, 1.82) is 0 Å². The zero-order chi connectivity index (χ0) is 24.8. The monoisotopic (exact) mass is 484 g/mol. The highest BCUT2D eigenvalue weighted by Crippen LogP contribution is 2.39. The van der Waals surface area contributed by atoms with Crippen molar-refractivity contribution in [3.8, 4) is 6.01 Å². The van der Waals surface area contributed by atoms with Crippen molar-refractivity contribution in [2.45, 2.75) is 31.0 Å². The van der Waals surface area contributed by atoms with Gasteiger partial charge in [0, 0.05) is 39.2 Å². The second-order valence-electron chi connectivity index (χ2n) is 8.35. The number of nitrogens with zero attached hydrogens (tertiary/aromatic N) is 6. The number of carbonyl (C=O) groups is 1. The third kappa shape index (κ3) is 6.89. The summed E-state index contributed by atoms with van der Waals surface area (Å²) in [6.45, 7) is 3.23. The first-order valence-electron chi connectivity index (χ1n) is 10.7. The molecule has 0 bridgehead atoms. The summed E-state index contributed by atoms with van der Waals surface area (Å²) >= 11 is 0. The van der Waals surface area contributed by atoms with E-state index in [0.717, 1.165) is 50.6 Å². The number of hydrogen-bond donors (Lipinski definition) is 1. The summed E-state index contributed by atoms with van der Waals surface area (Å²) in [7, 11) is 3.97. The van der Waals surface area contributed by atoms with Crippen molar-refractivity contribution < 1.29 is 32.5 Å². The topological polar surface area (TPSA) is 114 Å². The summed E-state index contributed by atoms with van der Waals surface area (Å²) in [5.74, 6) is -0.266. The maximum Gasteiger partial charge on any atom is 0.490 e. The van der Waals surface area contributed by atoms with E-state index in [1.54, 1.807) is 24.8 Å². The van der Waals surface area contributed by atoms with Crippen molar-refractivity contribution in [2.24, 2.45) is 5.92 Å². The smallest absolute Gasteiger partial charge is 0.475 e. The van der Waals surface area contributed by atoms with Crippen LogP contribution in [-0.2, 0) is 9.53 Å². The summed E-state index contributed by atoms with van der Waals surface area (Å²) in [6.07, 6.45) is 3.09. The zero-order valence-electron chi connectivity index (χ0n) is 18.9. The van der Waals surface area contributed by atoms with E-state index in [-0.39, 0.29) is 5.60 Å². The Morgan fingerprint density at radius 3 is 2.56 bits per heavy atom. The van der Waals surface area contributed by atoms with Gasteiger partial charge in [-0.2, -0.15) is 13.2 Å². The molecule has 0 aliphatic carbocycles. The van der Waals surface area contributed by atoms with Crippen LogP contribution in [-0.4, -0.2) is 83.2 Å². The molecule has 2 aliphatic rings. The third-order valence-corrected chi connectivity index (χ3v) is 5.52. The molecular weight excluding hydrogens is 457 g/mol. The van der Waals surface area contributed by atoms with Gasteiger partial charge in [-0.3, -0.25) is 0 Å². The van der Waals surface area contributed by atoms with E-state index in [4.69, 9.17) is 19.4 Å². The van der Waals surface area contributed by atoms with Crippen molar-refractivity contribution in [3.63, 3.8) is 0 Å². The molecule has 4 rings (SSSR count). The van der Waals surface area contributed by atoms with E-state index in [2.05, 4.69) is 24.8 Å². The molecule has 2 aromatic heterocycles. The Balaban J connectivity index is 0.000000406. The average Bonchev–Trinajstić information content (AvgIpc) is 2.78. The number of aromatic nitrogens is 4. The molecule has 0 saturated carbocycles. The Labute approximate surface area is 194 Å². The van der Waals surface area contributed by atoms with Gasteiger partial charge in [0.2, 0.25) is 0 Å². The molecule has 0 radical (unpaired) electrons. The first-order chi connectivity index (χ1) is 16.1. The van der Waals surface area contributed by atoms with E-state index in [0.29, 0.717) is 18.5 Å². The fraction of sp³-hybridized carbons (Fsp3) is 0.571. The van der Waals surface area contributed by atoms with E-state index >= 15 is 0 Å². The summed E-state index contributed by atoms with van der Waals surface area (Å²) in [5.41, 5.74) is -0.0462. The van der Waals surface area contributed by atoms with Gasteiger partial charge in [-0.15, -0.1) is 0 Å². The molecular formula is C21H27F3N6O4. The van der Waals surface area contributed by atoms with E-state index in [9.17, 15) is 13.2 Å². The van der Waals surface area contributed by atoms with Gasteiger partial charge in [-0.25, -0.2) is 24.7 Å². The molecule has 2 saturated heterocycles. The lowest BCUT2D eigenvalue weighted by Gasteiger charge is -2.53. The molecule has 2 aliphatic heterocycles. The molecule has 10 nitrogen and oxygen atoms in total. The molecule has 2 fully saturated rings. The SMILES string of the molecule is CN(C)c1cc(N2CC3(CC(CCOc4ncccn4)CCO3)C2)ncn1.O=C(O)C(F)(F)F. The Kier molecular flexibility index (Phi) is 8.07. The molecule has 0 aromatic carbocycles. The molecule has 4 heterocycles. The molecule has 2 aromatic rings. The molecule has 1 N–H and O–H groups in total. The molecule has 1 atom stereocenters. The van der Waals surface area contributed by atoms with Gasteiger partial charge in [0.25, 0.3) is 0 Å². The van der Waals surface area contributed by atoms with Crippen molar-refractivity contribution in [1.82, 2.24) is 19.9 Å². The number of rotatable bonds is 6. The number of ether oxygens (including phenoxy) is 2. The van der Waals surface area contributed by atoms with Crippen LogP contribution in [0.3, 0.4) is 0 Å². The largest absolute Gasteiger partial charge is 0.490 e. The van der Waals surface area contributed by atoms with Gasteiger partial charge >= 0.3 is 18.2 Å². The average molecular weight is 484 g/mol. The molecule has 13 heteroatoms. The Morgan fingerprint density at radius 2 is 1.94 bits per heavy atom. The Bertz CT molecular complexity index is 942. The van der Waals surface area contributed by atoms with Gasteiger partial charge in [0.05, 0.1) is 19.7 Å². The van der Waals surface area contributed by atoms with Gasteiger partial charge in [-0.1, -0.05) is 0 Å². The van der Waals surface area contributed by atoms with Crippen LogP contribution < -0.4 is 14.5 Å². The predicted octanol–water partition coefficient (Wildman–Crippen LogP) is 2.42. The normalized spacial score (nSPS) is 19.0. The Morgan fingerprint density at radius 1 is 1.26 bits per heavy atom. The number of alkyl halides is 3. The number of halogens is 3. The highest BCUT2D eigenvalue weighted by atomic mass is 19.4. The first-order valence-corrected chi connectivity index (χ1v) is 10.7. The minimum atomic E-state index is -5.08. The summed E-state index contributed by atoms with van der Waals surface area (Å²) in [5, 5.41) is 7.12. The van der Waals surface area contributed by atoms with Gasteiger partial charge in [0.15, 0.2) is 0 Å². The second-order valence-corrected chi connectivity index (χ2v) is 8.35. The lowest BCUT2D eigenvalue weighted by molar-refractivity contribution is -0.192. The van der Waals surface area contributed by atoms with Crippen LogP contribution in [0.4, 0.5) is 24.8 Å². The molecule has 34 heavy (non-hydrogen) atoms. The lowest BCUT2D eigenvalue weighted by Crippen LogP contribution is -2.65. The minimum absolute atomic E-state index is 0.0462. The van der Waals surface area contributed by atoms with Crippen LogP contribution in [0.25, 0.3) is 0 Å². The first kappa shape index (κ1) is 25.4. The van der Waals surface area contributed by atoms with Crippen LogP contribution in [0.1, 0.15) is 19.3 Å². The third-order valence-electron chi connectivity index (χ3n) is 5.52. The quantitative estimate of drug-likeness (QED) is 0.656. The molecule has 186 valence electrons. The van der Waals surface area contributed by atoms with Crippen LogP contribution in [0.2, 0.25) is 0 Å². The summed E-state index contributed by atoms with van der Waals surface area (Å²) in [4.78, 5) is 30.1. The van der Waals surface area contributed by atoms with Crippen molar-refractivity contribution >= 4 is 17.6 Å². The van der Waals surface area contributed by atoms with Crippen LogP contribution in [0, 0.1) is 5.92 Å². The maximum atomic E-state index is 10.6. The number of aliphatic carboxylic acids is 1. The minimum Gasteiger partial charge on any atom is -0.475 e.